The highest BCUT2D eigenvalue weighted by atomic mass is 32.1. The van der Waals surface area contributed by atoms with Gasteiger partial charge in [0.2, 0.25) is 5.95 Å². The van der Waals surface area contributed by atoms with Gasteiger partial charge in [-0.2, -0.15) is 0 Å². The van der Waals surface area contributed by atoms with Crippen molar-refractivity contribution in [2.75, 3.05) is 18.0 Å². The molecule has 0 amide bonds. The maximum absolute atomic E-state index is 4.69. The predicted molar refractivity (Wildman–Crippen MR) is 90.3 cm³/mol. The molecule has 0 radical (unpaired) electrons. The van der Waals surface area contributed by atoms with Crippen molar-refractivity contribution < 1.29 is 0 Å². The minimum absolute atomic E-state index is 0.476. The molecule has 6 heteroatoms. The average molecular weight is 317 g/mol. The summed E-state index contributed by atoms with van der Waals surface area (Å²) in [5.74, 6) is 1.34. The molecule has 1 aliphatic rings. The highest BCUT2D eigenvalue weighted by Crippen LogP contribution is 2.19. The van der Waals surface area contributed by atoms with E-state index in [0.29, 0.717) is 12.0 Å². The second-order valence-electron chi connectivity index (χ2n) is 6.04. The predicted octanol–water partition coefficient (Wildman–Crippen LogP) is 2.82. The van der Waals surface area contributed by atoms with Gasteiger partial charge in [0, 0.05) is 43.4 Å². The second-order valence-corrected chi connectivity index (χ2v) is 6.98. The van der Waals surface area contributed by atoms with E-state index in [9.17, 15) is 0 Å². The normalized spacial score (nSPS) is 18.9. The van der Waals surface area contributed by atoms with Crippen LogP contribution >= 0.6 is 11.3 Å². The highest BCUT2D eigenvalue weighted by Gasteiger charge is 2.21. The van der Waals surface area contributed by atoms with E-state index in [0.717, 1.165) is 25.6 Å². The van der Waals surface area contributed by atoms with E-state index >= 15 is 0 Å². The Kier molecular flexibility index (Phi) is 5.00. The SMILES string of the molecule is CC(C)c1csc(CN[C@H]2CCCN(c3ncccn3)C2)n1. The van der Waals surface area contributed by atoms with Gasteiger partial charge in [-0.3, -0.25) is 0 Å². The van der Waals surface area contributed by atoms with Crippen LogP contribution in [0, 0.1) is 0 Å². The number of rotatable bonds is 5. The van der Waals surface area contributed by atoms with Gasteiger partial charge in [0.15, 0.2) is 0 Å². The van der Waals surface area contributed by atoms with Crippen LogP contribution in [0.15, 0.2) is 23.8 Å². The van der Waals surface area contributed by atoms with Crippen molar-refractivity contribution in [3.8, 4) is 0 Å². The van der Waals surface area contributed by atoms with Crippen LogP contribution in [0.5, 0.6) is 0 Å². The van der Waals surface area contributed by atoms with Crippen LogP contribution in [-0.4, -0.2) is 34.1 Å². The number of hydrogen-bond donors (Lipinski definition) is 1. The molecule has 5 nitrogen and oxygen atoms in total. The van der Waals surface area contributed by atoms with E-state index in [2.05, 4.69) is 44.4 Å². The lowest BCUT2D eigenvalue weighted by Crippen LogP contribution is -2.46. The molecule has 0 bridgehead atoms. The van der Waals surface area contributed by atoms with Crippen molar-refractivity contribution in [1.29, 1.82) is 0 Å². The zero-order chi connectivity index (χ0) is 15.4. The van der Waals surface area contributed by atoms with E-state index in [4.69, 9.17) is 0 Å². The standard InChI is InChI=1S/C16H23N5S/c1-12(2)14-11-22-15(20-14)9-19-13-5-3-8-21(10-13)16-17-6-4-7-18-16/h4,6-7,11-13,19H,3,5,8-10H2,1-2H3/t13-/m0/s1. The first kappa shape index (κ1) is 15.4. The fourth-order valence-electron chi connectivity index (χ4n) is 2.68. The van der Waals surface area contributed by atoms with Crippen molar-refractivity contribution in [3.63, 3.8) is 0 Å². The number of hydrogen-bond acceptors (Lipinski definition) is 6. The van der Waals surface area contributed by atoms with Gasteiger partial charge >= 0.3 is 0 Å². The van der Waals surface area contributed by atoms with Gasteiger partial charge in [-0.15, -0.1) is 11.3 Å². The van der Waals surface area contributed by atoms with E-state index in [1.165, 1.54) is 23.5 Å². The molecular formula is C16H23N5S. The highest BCUT2D eigenvalue weighted by molar-refractivity contribution is 7.09. The van der Waals surface area contributed by atoms with E-state index in [1.54, 1.807) is 11.3 Å². The van der Waals surface area contributed by atoms with E-state index in [1.807, 2.05) is 18.5 Å². The minimum atomic E-state index is 0.476. The summed E-state index contributed by atoms with van der Waals surface area (Å²) in [5.41, 5.74) is 1.20. The zero-order valence-electron chi connectivity index (χ0n) is 13.2. The zero-order valence-corrected chi connectivity index (χ0v) is 14.0. The second kappa shape index (κ2) is 7.15. The van der Waals surface area contributed by atoms with Gasteiger partial charge in [-0.1, -0.05) is 13.8 Å². The third-order valence-electron chi connectivity index (χ3n) is 3.96. The largest absolute Gasteiger partial charge is 0.339 e. The number of aromatic nitrogens is 3. The molecule has 1 atom stereocenters. The Balaban J connectivity index is 1.54. The Hall–Kier alpha value is -1.53. The summed E-state index contributed by atoms with van der Waals surface area (Å²) in [6, 6.07) is 2.33. The van der Waals surface area contributed by atoms with Crippen LogP contribution in [0.3, 0.4) is 0 Å². The molecule has 118 valence electrons. The van der Waals surface area contributed by atoms with Crippen LogP contribution in [0.25, 0.3) is 0 Å². The molecule has 3 heterocycles. The molecular weight excluding hydrogens is 294 g/mol. The maximum Gasteiger partial charge on any atom is 0.225 e. The number of nitrogens with one attached hydrogen (secondary N) is 1. The lowest BCUT2D eigenvalue weighted by atomic mass is 10.1. The average Bonchev–Trinajstić information content (AvgIpc) is 3.03. The summed E-state index contributed by atoms with van der Waals surface area (Å²) < 4.78 is 0. The summed E-state index contributed by atoms with van der Waals surface area (Å²) in [4.78, 5) is 15.7. The van der Waals surface area contributed by atoms with Gasteiger partial charge in [0.05, 0.1) is 5.69 Å². The van der Waals surface area contributed by atoms with E-state index in [-0.39, 0.29) is 0 Å². The van der Waals surface area contributed by atoms with Crippen LogP contribution in [0.4, 0.5) is 5.95 Å². The van der Waals surface area contributed by atoms with Gasteiger partial charge in [-0.25, -0.2) is 15.0 Å². The first-order valence-electron chi connectivity index (χ1n) is 7.92. The molecule has 22 heavy (non-hydrogen) atoms. The molecule has 2 aromatic rings. The Morgan fingerprint density at radius 3 is 2.91 bits per heavy atom. The molecule has 3 rings (SSSR count). The van der Waals surface area contributed by atoms with Crippen molar-refractivity contribution in [2.45, 2.75) is 45.2 Å². The summed E-state index contributed by atoms with van der Waals surface area (Å²) in [7, 11) is 0. The lowest BCUT2D eigenvalue weighted by Gasteiger charge is -2.33. The molecule has 0 aliphatic carbocycles. The van der Waals surface area contributed by atoms with Crippen molar-refractivity contribution >= 4 is 17.3 Å². The molecule has 0 spiro atoms. The van der Waals surface area contributed by atoms with Gasteiger partial charge < -0.3 is 10.2 Å². The van der Waals surface area contributed by atoms with Gasteiger partial charge in [0.1, 0.15) is 5.01 Å². The fraction of sp³-hybridized carbons (Fsp3) is 0.562. The Morgan fingerprint density at radius 1 is 1.36 bits per heavy atom. The van der Waals surface area contributed by atoms with Crippen molar-refractivity contribution in [1.82, 2.24) is 20.3 Å². The van der Waals surface area contributed by atoms with Crippen LogP contribution in [-0.2, 0) is 6.54 Å². The summed E-state index contributed by atoms with van der Waals surface area (Å²) in [6.07, 6.45) is 5.99. The van der Waals surface area contributed by atoms with Crippen LogP contribution in [0.2, 0.25) is 0 Å². The maximum atomic E-state index is 4.69. The Labute approximate surface area is 135 Å². The molecule has 0 aromatic carbocycles. The number of piperidine rings is 1. The Bertz CT molecular complexity index is 583. The summed E-state index contributed by atoms with van der Waals surface area (Å²) in [6.45, 7) is 7.23. The molecule has 0 unspecified atom stereocenters. The summed E-state index contributed by atoms with van der Waals surface area (Å²) >= 11 is 1.75. The number of anilines is 1. The third kappa shape index (κ3) is 3.81. The first-order chi connectivity index (χ1) is 10.7. The van der Waals surface area contributed by atoms with Crippen molar-refractivity contribution in [2.24, 2.45) is 0 Å². The summed E-state index contributed by atoms with van der Waals surface area (Å²) in [5, 5.41) is 6.99. The molecule has 1 fully saturated rings. The third-order valence-corrected chi connectivity index (χ3v) is 4.83. The number of thiazole rings is 1. The monoisotopic (exact) mass is 317 g/mol. The van der Waals surface area contributed by atoms with Gasteiger partial charge in [-0.05, 0) is 24.8 Å². The molecule has 0 saturated carbocycles. The number of nitrogens with zero attached hydrogens (tertiary/aromatic N) is 4. The molecule has 1 aliphatic heterocycles. The van der Waals surface area contributed by atoms with Crippen LogP contribution < -0.4 is 10.2 Å². The topological polar surface area (TPSA) is 53.9 Å². The van der Waals surface area contributed by atoms with Crippen LogP contribution in [0.1, 0.15) is 43.3 Å². The fourth-order valence-corrected chi connectivity index (χ4v) is 3.59. The lowest BCUT2D eigenvalue weighted by molar-refractivity contribution is 0.417. The van der Waals surface area contributed by atoms with Gasteiger partial charge in [0.25, 0.3) is 0 Å². The smallest absolute Gasteiger partial charge is 0.225 e. The first-order valence-corrected chi connectivity index (χ1v) is 8.80. The minimum Gasteiger partial charge on any atom is -0.339 e. The van der Waals surface area contributed by atoms with Crippen molar-refractivity contribution in [3.05, 3.63) is 34.5 Å². The molecule has 1 N–H and O–H groups in total. The molecule has 2 aromatic heterocycles. The Morgan fingerprint density at radius 2 is 2.18 bits per heavy atom. The van der Waals surface area contributed by atoms with E-state index < -0.39 is 0 Å². The molecule has 1 saturated heterocycles. The quantitative estimate of drug-likeness (QED) is 0.919.